The quantitative estimate of drug-likeness (QED) is 0.876. The van der Waals surface area contributed by atoms with Crippen molar-refractivity contribution in [2.24, 2.45) is 0 Å². The summed E-state index contributed by atoms with van der Waals surface area (Å²) in [4.78, 5) is 0. The summed E-state index contributed by atoms with van der Waals surface area (Å²) in [5.41, 5.74) is 2.86. The molecule has 19 heavy (non-hydrogen) atoms. The highest BCUT2D eigenvalue weighted by molar-refractivity contribution is 5.26. The molecule has 3 unspecified atom stereocenters. The van der Waals surface area contributed by atoms with Gasteiger partial charge in [-0.1, -0.05) is 24.3 Å². The predicted molar refractivity (Wildman–Crippen MR) is 80.5 cm³/mol. The molecule has 1 aromatic rings. The Morgan fingerprint density at radius 3 is 2.84 bits per heavy atom. The molecule has 0 spiro atoms. The number of aryl methyl sites for hydroxylation is 1. The first-order valence-corrected chi connectivity index (χ1v) is 7.52. The van der Waals surface area contributed by atoms with E-state index in [1.54, 1.807) is 0 Å². The average molecular weight is 261 g/mol. The molecule has 1 N–H and O–H groups in total. The van der Waals surface area contributed by atoms with E-state index in [9.17, 15) is 0 Å². The fourth-order valence-corrected chi connectivity index (χ4v) is 3.14. The molecule has 1 aromatic carbocycles. The molecule has 1 aliphatic rings. The van der Waals surface area contributed by atoms with Crippen LogP contribution in [0.1, 0.15) is 43.7 Å². The Kier molecular flexibility index (Phi) is 5.41. The molecule has 2 nitrogen and oxygen atoms in total. The van der Waals surface area contributed by atoms with Crippen LogP contribution in [0.5, 0.6) is 0 Å². The van der Waals surface area contributed by atoms with Gasteiger partial charge in [0.15, 0.2) is 0 Å². The van der Waals surface area contributed by atoms with Crippen molar-refractivity contribution in [2.45, 2.75) is 64.1 Å². The highest BCUT2D eigenvalue weighted by Gasteiger charge is 2.22. The minimum atomic E-state index is 0.455. The Balaban J connectivity index is 1.84. The van der Waals surface area contributed by atoms with Crippen LogP contribution in [0.2, 0.25) is 0 Å². The minimum absolute atomic E-state index is 0.455. The van der Waals surface area contributed by atoms with Gasteiger partial charge in [-0.25, -0.2) is 0 Å². The standard InChI is InChI=1S/C17H27NO/c1-13-7-4-5-8-15(13)11-14(2)18-16-9-6-10-17(12-16)19-3/h4-5,7-8,14,16-18H,6,9-12H2,1-3H3. The van der Waals surface area contributed by atoms with E-state index in [0.717, 1.165) is 12.8 Å². The van der Waals surface area contributed by atoms with E-state index in [4.69, 9.17) is 4.74 Å². The lowest BCUT2D eigenvalue weighted by molar-refractivity contribution is 0.0573. The molecule has 2 heteroatoms. The molecular formula is C17H27NO. The van der Waals surface area contributed by atoms with E-state index in [-0.39, 0.29) is 0 Å². The molecule has 0 saturated heterocycles. The molecule has 106 valence electrons. The summed E-state index contributed by atoms with van der Waals surface area (Å²) < 4.78 is 5.50. The van der Waals surface area contributed by atoms with Crippen molar-refractivity contribution in [3.8, 4) is 0 Å². The number of hydrogen-bond acceptors (Lipinski definition) is 2. The van der Waals surface area contributed by atoms with Gasteiger partial charge >= 0.3 is 0 Å². The Hall–Kier alpha value is -0.860. The molecule has 1 aliphatic carbocycles. The molecule has 0 radical (unpaired) electrons. The topological polar surface area (TPSA) is 21.3 Å². The Morgan fingerprint density at radius 2 is 2.11 bits per heavy atom. The van der Waals surface area contributed by atoms with Crippen LogP contribution in [0.25, 0.3) is 0 Å². The van der Waals surface area contributed by atoms with E-state index in [2.05, 4.69) is 43.4 Å². The lowest BCUT2D eigenvalue weighted by Crippen LogP contribution is -2.42. The lowest BCUT2D eigenvalue weighted by atomic mass is 9.91. The van der Waals surface area contributed by atoms with Gasteiger partial charge in [0.05, 0.1) is 6.10 Å². The molecule has 1 fully saturated rings. The van der Waals surface area contributed by atoms with Crippen LogP contribution in [-0.4, -0.2) is 25.3 Å². The normalized spacial score (nSPS) is 25.2. The van der Waals surface area contributed by atoms with E-state index in [0.29, 0.717) is 18.2 Å². The monoisotopic (exact) mass is 261 g/mol. The third kappa shape index (κ3) is 4.32. The number of hydrogen-bond donors (Lipinski definition) is 1. The van der Waals surface area contributed by atoms with Gasteiger partial charge in [-0.2, -0.15) is 0 Å². The van der Waals surface area contributed by atoms with Crippen molar-refractivity contribution in [1.82, 2.24) is 5.32 Å². The van der Waals surface area contributed by atoms with Gasteiger partial charge in [0.2, 0.25) is 0 Å². The molecule has 0 aromatic heterocycles. The Morgan fingerprint density at radius 1 is 1.32 bits per heavy atom. The summed E-state index contributed by atoms with van der Waals surface area (Å²) in [6.07, 6.45) is 6.53. The molecule has 1 saturated carbocycles. The fraction of sp³-hybridized carbons (Fsp3) is 0.647. The van der Waals surface area contributed by atoms with Gasteiger partial charge in [-0.3, -0.25) is 0 Å². The SMILES string of the molecule is COC1CCCC(NC(C)Cc2ccccc2C)C1. The molecule has 2 rings (SSSR count). The van der Waals surface area contributed by atoms with Gasteiger partial charge in [0.1, 0.15) is 0 Å². The Bertz CT molecular complexity index is 391. The second kappa shape index (κ2) is 7.06. The largest absolute Gasteiger partial charge is 0.381 e. The smallest absolute Gasteiger partial charge is 0.0586 e. The van der Waals surface area contributed by atoms with E-state index >= 15 is 0 Å². The van der Waals surface area contributed by atoms with Crippen molar-refractivity contribution in [1.29, 1.82) is 0 Å². The summed E-state index contributed by atoms with van der Waals surface area (Å²) in [6, 6.07) is 9.84. The zero-order valence-electron chi connectivity index (χ0n) is 12.5. The molecular weight excluding hydrogens is 234 g/mol. The van der Waals surface area contributed by atoms with Crippen LogP contribution >= 0.6 is 0 Å². The van der Waals surface area contributed by atoms with Crippen LogP contribution in [0.15, 0.2) is 24.3 Å². The maximum atomic E-state index is 5.50. The van der Waals surface area contributed by atoms with Crippen molar-refractivity contribution in [3.63, 3.8) is 0 Å². The van der Waals surface area contributed by atoms with E-state index < -0.39 is 0 Å². The summed E-state index contributed by atoms with van der Waals surface area (Å²) in [5, 5.41) is 3.78. The van der Waals surface area contributed by atoms with Crippen LogP contribution in [0, 0.1) is 6.92 Å². The number of rotatable bonds is 5. The number of ether oxygens (including phenoxy) is 1. The molecule has 0 amide bonds. The zero-order valence-corrected chi connectivity index (χ0v) is 12.5. The average Bonchev–Trinajstić information content (AvgIpc) is 2.41. The van der Waals surface area contributed by atoms with Crippen LogP contribution in [0.4, 0.5) is 0 Å². The second-order valence-corrected chi connectivity index (χ2v) is 5.92. The third-order valence-corrected chi connectivity index (χ3v) is 4.27. The highest BCUT2D eigenvalue weighted by atomic mass is 16.5. The van der Waals surface area contributed by atoms with Crippen molar-refractivity contribution < 1.29 is 4.74 Å². The first-order valence-electron chi connectivity index (χ1n) is 7.52. The lowest BCUT2D eigenvalue weighted by Gasteiger charge is -2.31. The molecule has 0 heterocycles. The number of benzene rings is 1. The summed E-state index contributed by atoms with van der Waals surface area (Å²) in [5.74, 6) is 0. The summed E-state index contributed by atoms with van der Waals surface area (Å²) in [6.45, 7) is 4.49. The maximum Gasteiger partial charge on any atom is 0.0586 e. The summed E-state index contributed by atoms with van der Waals surface area (Å²) in [7, 11) is 1.84. The van der Waals surface area contributed by atoms with Crippen LogP contribution in [0.3, 0.4) is 0 Å². The van der Waals surface area contributed by atoms with Gasteiger partial charge in [-0.05, 0) is 57.1 Å². The molecule has 0 bridgehead atoms. The van der Waals surface area contributed by atoms with Gasteiger partial charge < -0.3 is 10.1 Å². The van der Waals surface area contributed by atoms with Crippen LogP contribution in [-0.2, 0) is 11.2 Å². The minimum Gasteiger partial charge on any atom is -0.381 e. The maximum absolute atomic E-state index is 5.50. The fourth-order valence-electron chi connectivity index (χ4n) is 3.14. The van der Waals surface area contributed by atoms with Crippen molar-refractivity contribution in [2.75, 3.05) is 7.11 Å². The van der Waals surface area contributed by atoms with Crippen LogP contribution < -0.4 is 5.32 Å². The first-order chi connectivity index (χ1) is 9.19. The molecule has 0 aliphatic heterocycles. The summed E-state index contributed by atoms with van der Waals surface area (Å²) >= 11 is 0. The number of methoxy groups -OCH3 is 1. The zero-order chi connectivity index (χ0) is 13.7. The predicted octanol–water partition coefficient (Wildman–Crippen LogP) is 3.47. The highest BCUT2D eigenvalue weighted by Crippen LogP contribution is 2.21. The van der Waals surface area contributed by atoms with E-state index in [1.165, 1.54) is 30.4 Å². The van der Waals surface area contributed by atoms with Crippen molar-refractivity contribution in [3.05, 3.63) is 35.4 Å². The van der Waals surface area contributed by atoms with Gasteiger partial charge in [0.25, 0.3) is 0 Å². The second-order valence-electron chi connectivity index (χ2n) is 5.92. The van der Waals surface area contributed by atoms with Crippen molar-refractivity contribution >= 4 is 0 Å². The van der Waals surface area contributed by atoms with Gasteiger partial charge in [-0.15, -0.1) is 0 Å². The third-order valence-electron chi connectivity index (χ3n) is 4.27. The Labute approximate surface area is 117 Å². The molecule has 3 atom stereocenters. The first kappa shape index (κ1) is 14.5. The van der Waals surface area contributed by atoms with E-state index in [1.807, 2.05) is 7.11 Å². The number of nitrogens with one attached hydrogen (secondary N) is 1. The van der Waals surface area contributed by atoms with Gasteiger partial charge in [0, 0.05) is 19.2 Å².